The summed E-state index contributed by atoms with van der Waals surface area (Å²) in [6, 6.07) is 0. The minimum Gasteiger partial charge on any atom is -0.394 e. The molecule has 8 heteroatoms. The number of aliphatic hydroxyl groups is 6. The lowest BCUT2D eigenvalue weighted by Gasteiger charge is -2.28. The van der Waals surface area contributed by atoms with E-state index in [1.165, 1.54) is 77.0 Å². The van der Waals surface area contributed by atoms with Crippen molar-refractivity contribution in [3.05, 3.63) is 0 Å². The maximum absolute atomic E-state index is 9.77. The lowest BCUT2D eigenvalue weighted by atomic mass is 10.0. The van der Waals surface area contributed by atoms with Crippen LogP contribution in [0, 0.1) is 0 Å². The first kappa shape index (κ1) is 32.2. The molecule has 6 N–H and O–H groups in total. The molecule has 194 valence electrons. The molecule has 0 saturated heterocycles. The van der Waals surface area contributed by atoms with Crippen molar-refractivity contribution >= 4 is 15.9 Å². The van der Waals surface area contributed by atoms with Crippen molar-refractivity contribution in [2.24, 2.45) is 0 Å². The lowest BCUT2D eigenvalue weighted by molar-refractivity contribution is -0.211. The molecular formula is C24H49BrO7. The van der Waals surface area contributed by atoms with E-state index in [1.54, 1.807) is 0 Å². The summed E-state index contributed by atoms with van der Waals surface area (Å²) in [6.07, 6.45) is 9.65. The van der Waals surface area contributed by atoms with Crippen LogP contribution in [0.25, 0.3) is 0 Å². The Labute approximate surface area is 203 Å². The molecular weight excluding hydrogens is 480 g/mol. The second-order valence-electron chi connectivity index (χ2n) is 8.90. The Balaban J connectivity index is 3.52. The largest absolute Gasteiger partial charge is 0.394 e. The zero-order chi connectivity index (χ0) is 24.2. The molecule has 0 amide bonds. The summed E-state index contributed by atoms with van der Waals surface area (Å²) in [6.45, 7) is 1.71. The fraction of sp³-hybridized carbons (Fsp3) is 1.00. The Bertz CT molecular complexity index is 403. The van der Waals surface area contributed by atoms with Gasteiger partial charge in [0.2, 0.25) is 0 Å². The lowest BCUT2D eigenvalue weighted by Crippen LogP contribution is -2.50. The van der Waals surface area contributed by atoms with Gasteiger partial charge in [-0.25, -0.2) is 0 Å². The second-order valence-corrected chi connectivity index (χ2v) is 10.2. The highest BCUT2D eigenvalue weighted by Gasteiger charge is 2.34. The van der Waals surface area contributed by atoms with Crippen molar-refractivity contribution < 1.29 is 35.4 Å². The van der Waals surface area contributed by atoms with Crippen LogP contribution in [0.2, 0.25) is 0 Å². The number of alkyl halides is 1. The van der Waals surface area contributed by atoms with Crippen molar-refractivity contribution in [1.82, 2.24) is 0 Å². The number of aliphatic hydroxyl groups excluding tert-OH is 6. The first-order valence-corrected chi connectivity index (χ1v) is 13.5. The average molecular weight is 530 g/mol. The van der Waals surface area contributed by atoms with Gasteiger partial charge in [0.15, 0.2) is 6.29 Å². The molecule has 0 aromatic rings. The van der Waals surface area contributed by atoms with E-state index in [0.717, 1.165) is 19.3 Å². The number of halogens is 1. The molecule has 0 fully saturated rings. The van der Waals surface area contributed by atoms with E-state index in [9.17, 15) is 25.5 Å². The van der Waals surface area contributed by atoms with E-state index in [0.29, 0.717) is 4.83 Å². The van der Waals surface area contributed by atoms with Gasteiger partial charge >= 0.3 is 0 Å². The molecule has 0 bridgehead atoms. The minimum atomic E-state index is -1.82. The van der Waals surface area contributed by atoms with Crippen LogP contribution in [-0.2, 0) is 4.74 Å². The normalized spacial score (nSPS) is 17.6. The molecule has 6 atom stereocenters. The fourth-order valence-corrected chi connectivity index (χ4v) is 4.30. The van der Waals surface area contributed by atoms with Crippen LogP contribution >= 0.6 is 15.9 Å². The fourth-order valence-electron chi connectivity index (χ4n) is 3.65. The Morgan fingerprint density at radius 1 is 0.625 bits per heavy atom. The predicted molar refractivity (Wildman–Crippen MR) is 131 cm³/mol. The van der Waals surface area contributed by atoms with Gasteiger partial charge in [0.05, 0.1) is 6.61 Å². The Morgan fingerprint density at radius 3 is 1.59 bits per heavy atom. The number of unbranched alkanes of at least 4 members (excludes halogenated alkanes) is 11. The molecule has 0 aliphatic rings. The van der Waals surface area contributed by atoms with Gasteiger partial charge in [-0.1, -0.05) is 99.9 Å². The molecule has 2 unspecified atom stereocenters. The van der Waals surface area contributed by atoms with Crippen molar-refractivity contribution in [1.29, 1.82) is 0 Å². The van der Waals surface area contributed by atoms with Crippen LogP contribution in [0.3, 0.4) is 0 Å². The summed E-state index contributed by atoms with van der Waals surface area (Å²) in [5.41, 5.74) is 0. The summed E-state index contributed by atoms with van der Waals surface area (Å²) in [7, 11) is 0. The molecule has 0 heterocycles. The Hall–Kier alpha value is 0.200. The van der Waals surface area contributed by atoms with Gasteiger partial charge in [-0.3, -0.25) is 0 Å². The van der Waals surface area contributed by atoms with E-state index in [2.05, 4.69) is 22.9 Å². The van der Waals surface area contributed by atoms with Crippen molar-refractivity contribution in [3.8, 4) is 0 Å². The maximum atomic E-state index is 9.77. The first-order valence-electron chi connectivity index (χ1n) is 12.6. The van der Waals surface area contributed by atoms with Crippen LogP contribution in [-0.4, -0.2) is 79.4 Å². The minimum absolute atomic E-state index is 0.232. The summed E-state index contributed by atoms with van der Waals surface area (Å²) in [4.78, 5) is 0.682. The van der Waals surface area contributed by atoms with Crippen molar-refractivity contribution in [2.75, 3.05) is 13.2 Å². The predicted octanol–water partition coefficient (Wildman–Crippen LogP) is 3.39. The molecule has 0 aliphatic carbocycles. The van der Waals surface area contributed by atoms with Crippen molar-refractivity contribution in [2.45, 2.75) is 139 Å². The third-order valence-electron chi connectivity index (χ3n) is 5.89. The average Bonchev–Trinajstić information content (AvgIpc) is 2.80. The number of rotatable bonds is 23. The SMILES string of the molecule is CCCCCCC(Br)CCCCCCCCCCCOC(O)[C@@H](O)[C@@H](O)[C@H](O)[C@H](O)CO. The van der Waals surface area contributed by atoms with Gasteiger partial charge in [0.1, 0.15) is 24.4 Å². The van der Waals surface area contributed by atoms with Gasteiger partial charge in [0.25, 0.3) is 0 Å². The first-order chi connectivity index (χ1) is 15.3. The van der Waals surface area contributed by atoms with Gasteiger partial charge in [-0.15, -0.1) is 0 Å². The zero-order valence-corrected chi connectivity index (χ0v) is 21.5. The van der Waals surface area contributed by atoms with Crippen LogP contribution in [0.1, 0.15) is 103 Å². The molecule has 32 heavy (non-hydrogen) atoms. The topological polar surface area (TPSA) is 131 Å². The zero-order valence-electron chi connectivity index (χ0n) is 20.0. The van der Waals surface area contributed by atoms with E-state index in [4.69, 9.17) is 9.84 Å². The Kier molecular flexibility index (Phi) is 21.9. The van der Waals surface area contributed by atoms with E-state index in [1.807, 2.05) is 0 Å². The quantitative estimate of drug-likeness (QED) is 0.0680. The molecule has 0 aromatic heterocycles. The number of hydrogen-bond acceptors (Lipinski definition) is 7. The molecule has 0 rings (SSSR count). The highest BCUT2D eigenvalue weighted by molar-refractivity contribution is 9.09. The van der Waals surface area contributed by atoms with Crippen LogP contribution in [0.15, 0.2) is 0 Å². The maximum Gasteiger partial charge on any atom is 0.183 e. The second kappa shape index (κ2) is 21.7. The van der Waals surface area contributed by atoms with Gasteiger partial charge in [-0.2, -0.15) is 0 Å². The van der Waals surface area contributed by atoms with Crippen LogP contribution in [0.4, 0.5) is 0 Å². The third-order valence-corrected chi connectivity index (χ3v) is 6.81. The van der Waals surface area contributed by atoms with Crippen LogP contribution in [0.5, 0.6) is 0 Å². The van der Waals surface area contributed by atoms with Gasteiger partial charge < -0.3 is 35.4 Å². The standard InChI is InChI=1S/C24H49BrO7/c1-2-3-4-12-15-19(25)16-13-10-8-6-5-7-9-11-14-17-32-24(31)23(30)22(29)21(28)20(27)18-26/h19-24,26-31H,2-18H2,1H3/t19?,20-,21-,22+,23+,24?/m1/s1. The Morgan fingerprint density at radius 2 is 1.09 bits per heavy atom. The molecule has 0 spiro atoms. The number of ether oxygens (including phenoxy) is 1. The van der Waals surface area contributed by atoms with E-state index < -0.39 is 37.3 Å². The summed E-state index contributed by atoms with van der Waals surface area (Å²) in [5, 5.41) is 56.8. The highest BCUT2D eigenvalue weighted by Crippen LogP contribution is 2.19. The molecule has 0 radical (unpaired) electrons. The number of hydrogen-bond donors (Lipinski definition) is 6. The molecule has 7 nitrogen and oxygen atoms in total. The third kappa shape index (κ3) is 16.8. The summed E-state index contributed by atoms with van der Waals surface area (Å²) >= 11 is 3.81. The molecule has 0 saturated carbocycles. The highest BCUT2D eigenvalue weighted by atomic mass is 79.9. The summed E-state index contributed by atoms with van der Waals surface area (Å²) < 4.78 is 5.10. The van der Waals surface area contributed by atoms with Gasteiger partial charge in [-0.05, 0) is 19.3 Å². The van der Waals surface area contributed by atoms with E-state index >= 15 is 0 Å². The van der Waals surface area contributed by atoms with Crippen molar-refractivity contribution in [3.63, 3.8) is 0 Å². The van der Waals surface area contributed by atoms with Crippen LogP contribution < -0.4 is 0 Å². The van der Waals surface area contributed by atoms with E-state index in [-0.39, 0.29) is 6.61 Å². The van der Waals surface area contributed by atoms with Gasteiger partial charge in [0, 0.05) is 11.4 Å². The monoisotopic (exact) mass is 528 g/mol. The smallest absolute Gasteiger partial charge is 0.183 e. The summed E-state index contributed by atoms with van der Waals surface area (Å²) in [5.74, 6) is 0. The molecule has 0 aromatic carbocycles. The molecule has 0 aliphatic heterocycles.